The van der Waals surface area contributed by atoms with Crippen molar-refractivity contribution in [2.45, 2.75) is 13.6 Å². The van der Waals surface area contributed by atoms with Crippen LogP contribution in [0.5, 0.6) is 0 Å². The third-order valence-corrected chi connectivity index (χ3v) is 1.53. The van der Waals surface area contributed by atoms with Crippen LogP contribution in [0.25, 0.3) is 0 Å². The number of alkyl halides is 1. The van der Waals surface area contributed by atoms with Crippen LogP contribution in [0.2, 0.25) is 0 Å². The van der Waals surface area contributed by atoms with Gasteiger partial charge in [0.25, 0.3) is 0 Å². The first-order valence-corrected chi connectivity index (χ1v) is 3.94. The molecule has 72 valence electrons. The number of ether oxygens (including phenoxy) is 1. The van der Waals surface area contributed by atoms with Gasteiger partial charge in [-0.3, -0.25) is 4.68 Å². The van der Waals surface area contributed by atoms with Gasteiger partial charge in [-0.15, -0.1) is 0 Å². The van der Waals surface area contributed by atoms with Crippen molar-refractivity contribution in [3.8, 4) is 0 Å². The Balaban J connectivity index is 2.91. The van der Waals surface area contributed by atoms with Crippen molar-refractivity contribution in [3.05, 3.63) is 17.5 Å². The van der Waals surface area contributed by atoms with Crippen LogP contribution in [0.15, 0.2) is 6.20 Å². The maximum atomic E-state index is 12.3. The molecule has 0 saturated carbocycles. The number of hydrogen-bond acceptors (Lipinski definition) is 3. The monoisotopic (exact) mass is 186 g/mol. The molecule has 0 aromatic carbocycles. The fourth-order valence-electron chi connectivity index (χ4n) is 1.01. The van der Waals surface area contributed by atoms with Crippen LogP contribution in [-0.2, 0) is 18.5 Å². The molecule has 0 spiro atoms. The second kappa shape index (κ2) is 4.02. The minimum absolute atomic E-state index is 0.126. The summed E-state index contributed by atoms with van der Waals surface area (Å²) in [4.78, 5) is 11.2. The first kappa shape index (κ1) is 9.70. The SMILES string of the molecule is CCOC(=O)c1cn(C)nc1CF. The van der Waals surface area contributed by atoms with Gasteiger partial charge in [0.2, 0.25) is 0 Å². The van der Waals surface area contributed by atoms with E-state index in [2.05, 4.69) is 5.10 Å². The average molecular weight is 186 g/mol. The maximum absolute atomic E-state index is 12.3. The first-order chi connectivity index (χ1) is 6.19. The molecule has 1 rings (SSSR count). The van der Waals surface area contributed by atoms with Crippen LogP contribution in [0.1, 0.15) is 23.0 Å². The number of carbonyl (C=O) groups excluding carboxylic acids is 1. The standard InChI is InChI=1S/C8H11FN2O2/c1-3-13-8(12)6-5-11(2)10-7(6)4-9/h5H,3-4H2,1-2H3. The van der Waals surface area contributed by atoms with E-state index in [0.29, 0.717) is 0 Å². The highest BCUT2D eigenvalue weighted by atomic mass is 19.1. The Hall–Kier alpha value is -1.39. The first-order valence-electron chi connectivity index (χ1n) is 3.94. The van der Waals surface area contributed by atoms with Gasteiger partial charge in [-0.1, -0.05) is 0 Å². The lowest BCUT2D eigenvalue weighted by molar-refractivity contribution is 0.0524. The van der Waals surface area contributed by atoms with Gasteiger partial charge in [0.1, 0.15) is 17.9 Å². The normalized spacial score (nSPS) is 10.1. The van der Waals surface area contributed by atoms with Crippen molar-refractivity contribution < 1.29 is 13.9 Å². The number of aromatic nitrogens is 2. The largest absolute Gasteiger partial charge is 0.462 e. The molecule has 4 nitrogen and oxygen atoms in total. The highest BCUT2D eigenvalue weighted by Crippen LogP contribution is 2.09. The number of carbonyl (C=O) groups is 1. The van der Waals surface area contributed by atoms with Gasteiger partial charge < -0.3 is 4.74 Å². The zero-order chi connectivity index (χ0) is 9.84. The molecular formula is C8H11FN2O2. The molecule has 1 heterocycles. The van der Waals surface area contributed by atoms with E-state index in [1.165, 1.54) is 10.9 Å². The van der Waals surface area contributed by atoms with Crippen LogP contribution in [0, 0.1) is 0 Å². The minimum atomic E-state index is -0.755. The van der Waals surface area contributed by atoms with Crippen LogP contribution >= 0.6 is 0 Å². The summed E-state index contributed by atoms with van der Waals surface area (Å²) in [5.74, 6) is -0.525. The van der Waals surface area contributed by atoms with Crippen molar-refractivity contribution in [1.82, 2.24) is 9.78 Å². The summed E-state index contributed by atoms with van der Waals surface area (Å²) >= 11 is 0. The maximum Gasteiger partial charge on any atom is 0.341 e. The summed E-state index contributed by atoms with van der Waals surface area (Å²) in [5, 5.41) is 3.77. The van der Waals surface area contributed by atoms with E-state index < -0.39 is 12.6 Å². The molecule has 0 N–H and O–H groups in total. The summed E-state index contributed by atoms with van der Waals surface area (Å²) in [6.45, 7) is 1.22. The number of halogens is 1. The smallest absolute Gasteiger partial charge is 0.341 e. The molecule has 1 aromatic rings. The zero-order valence-corrected chi connectivity index (χ0v) is 7.58. The van der Waals surface area contributed by atoms with Gasteiger partial charge in [0.15, 0.2) is 0 Å². The van der Waals surface area contributed by atoms with E-state index in [-0.39, 0.29) is 17.9 Å². The fourth-order valence-corrected chi connectivity index (χ4v) is 1.01. The fraction of sp³-hybridized carbons (Fsp3) is 0.500. The Bertz CT molecular complexity index is 309. The van der Waals surface area contributed by atoms with E-state index in [1.54, 1.807) is 14.0 Å². The average Bonchev–Trinajstić information content (AvgIpc) is 2.47. The molecule has 0 atom stereocenters. The number of aryl methyl sites for hydroxylation is 1. The van der Waals surface area contributed by atoms with Gasteiger partial charge in [-0.05, 0) is 6.92 Å². The second-order valence-electron chi connectivity index (χ2n) is 2.52. The zero-order valence-electron chi connectivity index (χ0n) is 7.58. The van der Waals surface area contributed by atoms with E-state index in [4.69, 9.17) is 4.74 Å². The number of rotatable bonds is 3. The van der Waals surface area contributed by atoms with Gasteiger partial charge in [-0.25, -0.2) is 9.18 Å². The van der Waals surface area contributed by atoms with Crippen LogP contribution in [-0.4, -0.2) is 22.4 Å². The molecule has 0 aliphatic rings. The Morgan fingerprint density at radius 3 is 3.00 bits per heavy atom. The predicted molar refractivity (Wildman–Crippen MR) is 44.0 cm³/mol. The van der Waals surface area contributed by atoms with Crippen molar-refractivity contribution in [3.63, 3.8) is 0 Å². The Morgan fingerprint density at radius 1 is 1.77 bits per heavy atom. The number of esters is 1. The van der Waals surface area contributed by atoms with Crippen LogP contribution in [0.4, 0.5) is 4.39 Å². The molecule has 0 aliphatic heterocycles. The van der Waals surface area contributed by atoms with E-state index in [0.717, 1.165) is 0 Å². The third-order valence-electron chi connectivity index (χ3n) is 1.53. The number of hydrogen-bond donors (Lipinski definition) is 0. The van der Waals surface area contributed by atoms with Crippen molar-refractivity contribution in [1.29, 1.82) is 0 Å². The van der Waals surface area contributed by atoms with E-state index in [9.17, 15) is 9.18 Å². The molecule has 13 heavy (non-hydrogen) atoms. The lowest BCUT2D eigenvalue weighted by atomic mass is 10.3. The summed E-state index contributed by atoms with van der Waals surface area (Å²) in [6, 6.07) is 0. The Kier molecular flexibility index (Phi) is 3.00. The lowest BCUT2D eigenvalue weighted by Crippen LogP contribution is -2.05. The summed E-state index contributed by atoms with van der Waals surface area (Å²) < 4.78 is 18.4. The van der Waals surface area contributed by atoms with E-state index >= 15 is 0 Å². The second-order valence-corrected chi connectivity index (χ2v) is 2.52. The summed E-state index contributed by atoms with van der Waals surface area (Å²) in [7, 11) is 1.63. The predicted octanol–water partition coefficient (Wildman–Crippen LogP) is 1.07. The Morgan fingerprint density at radius 2 is 2.46 bits per heavy atom. The van der Waals surface area contributed by atoms with Crippen molar-refractivity contribution >= 4 is 5.97 Å². The molecule has 0 amide bonds. The van der Waals surface area contributed by atoms with Gasteiger partial charge >= 0.3 is 5.97 Å². The quantitative estimate of drug-likeness (QED) is 0.663. The Labute approximate surface area is 75.3 Å². The molecular weight excluding hydrogens is 175 g/mol. The van der Waals surface area contributed by atoms with Gasteiger partial charge in [0, 0.05) is 13.2 Å². The molecule has 0 bridgehead atoms. The summed E-state index contributed by atoms with van der Waals surface area (Å²) in [5.41, 5.74) is 0.327. The molecule has 0 unspecified atom stereocenters. The molecule has 0 aliphatic carbocycles. The molecule has 0 radical (unpaired) electrons. The lowest BCUT2D eigenvalue weighted by Gasteiger charge is -1.98. The topological polar surface area (TPSA) is 44.1 Å². The molecule has 1 aromatic heterocycles. The van der Waals surface area contributed by atoms with Crippen LogP contribution in [0.3, 0.4) is 0 Å². The van der Waals surface area contributed by atoms with Crippen molar-refractivity contribution in [2.75, 3.05) is 6.61 Å². The summed E-state index contributed by atoms with van der Waals surface area (Å²) in [6.07, 6.45) is 1.45. The molecule has 0 saturated heterocycles. The van der Waals surface area contributed by atoms with Gasteiger partial charge in [0.05, 0.1) is 6.61 Å². The van der Waals surface area contributed by atoms with Crippen LogP contribution < -0.4 is 0 Å². The van der Waals surface area contributed by atoms with Gasteiger partial charge in [-0.2, -0.15) is 5.10 Å². The van der Waals surface area contributed by atoms with E-state index in [1.807, 2.05) is 0 Å². The highest BCUT2D eigenvalue weighted by molar-refractivity contribution is 5.90. The van der Waals surface area contributed by atoms with Crippen molar-refractivity contribution in [2.24, 2.45) is 7.05 Å². The minimum Gasteiger partial charge on any atom is -0.462 e. The molecule has 0 fully saturated rings. The number of nitrogens with zero attached hydrogens (tertiary/aromatic N) is 2. The molecule has 5 heteroatoms. The third kappa shape index (κ3) is 2.05. The highest BCUT2D eigenvalue weighted by Gasteiger charge is 2.15.